The van der Waals surface area contributed by atoms with E-state index in [1.54, 1.807) is 26.8 Å². The fraction of sp³-hybridized carbons (Fsp3) is 0.467. The number of carboxylic acids is 1. The Hall–Kier alpha value is -1.56. The van der Waals surface area contributed by atoms with Gasteiger partial charge in [0, 0.05) is 10.0 Å². The average Bonchev–Trinajstić information content (AvgIpc) is 2.68. The summed E-state index contributed by atoms with van der Waals surface area (Å²) in [6, 6.07) is 5.51. The minimum atomic E-state index is -1.45. The predicted octanol–water partition coefficient (Wildman–Crippen LogP) is 3.20. The smallest absolute Gasteiger partial charge is 0.408 e. The Bertz CT molecular complexity index is 594. The van der Waals surface area contributed by atoms with Crippen LogP contribution in [0.1, 0.15) is 38.3 Å². The summed E-state index contributed by atoms with van der Waals surface area (Å²) in [5.74, 6) is -1.08. The van der Waals surface area contributed by atoms with Gasteiger partial charge in [0.05, 0.1) is 0 Å². The number of amides is 1. The summed E-state index contributed by atoms with van der Waals surface area (Å²) < 4.78 is 5.88. The highest BCUT2D eigenvalue weighted by molar-refractivity contribution is 9.10. The van der Waals surface area contributed by atoms with Gasteiger partial charge < -0.3 is 15.2 Å². The highest BCUT2D eigenvalue weighted by Crippen LogP contribution is 2.41. The standard InChI is InChI=1S/C15H18BrNO4/c1-14(2,3)21-13(20)17-15(12(18)19)8-7-9-5-4-6-10(16)11(9)15/h4-6H,7-8H2,1-3H3,(H,17,20)(H,18,19). The van der Waals surface area contributed by atoms with Crippen LogP contribution in [-0.2, 0) is 21.5 Å². The van der Waals surface area contributed by atoms with Crippen molar-refractivity contribution >= 4 is 28.0 Å². The van der Waals surface area contributed by atoms with Crippen LogP contribution in [0.2, 0.25) is 0 Å². The third kappa shape index (κ3) is 3.05. The Morgan fingerprint density at radius 1 is 1.38 bits per heavy atom. The van der Waals surface area contributed by atoms with Gasteiger partial charge in [-0.2, -0.15) is 0 Å². The summed E-state index contributed by atoms with van der Waals surface area (Å²) >= 11 is 3.39. The number of carbonyl (C=O) groups excluding carboxylic acids is 1. The van der Waals surface area contributed by atoms with E-state index in [1.807, 2.05) is 12.1 Å². The molecule has 1 aliphatic carbocycles. The van der Waals surface area contributed by atoms with Crippen molar-refractivity contribution in [2.45, 2.75) is 44.8 Å². The molecule has 1 unspecified atom stereocenters. The SMILES string of the molecule is CC(C)(C)OC(=O)NC1(C(=O)O)CCc2cccc(Br)c21. The van der Waals surface area contributed by atoms with Crippen molar-refractivity contribution < 1.29 is 19.4 Å². The largest absolute Gasteiger partial charge is 0.479 e. The number of rotatable bonds is 2. The molecule has 0 saturated carbocycles. The summed E-state index contributed by atoms with van der Waals surface area (Å²) in [5.41, 5.74) is -0.608. The van der Waals surface area contributed by atoms with E-state index in [-0.39, 0.29) is 0 Å². The highest BCUT2D eigenvalue weighted by atomic mass is 79.9. The number of hydrogen-bond acceptors (Lipinski definition) is 3. The first-order chi connectivity index (χ1) is 9.66. The zero-order valence-corrected chi connectivity index (χ0v) is 13.8. The molecule has 0 saturated heterocycles. The van der Waals surface area contributed by atoms with Crippen molar-refractivity contribution in [1.82, 2.24) is 5.32 Å². The number of benzene rings is 1. The van der Waals surface area contributed by atoms with Gasteiger partial charge in [0.1, 0.15) is 5.60 Å². The number of carbonyl (C=O) groups is 2. The van der Waals surface area contributed by atoms with Crippen LogP contribution in [0, 0.1) is 0 Å². The number of aliphatic carboxylic acids is 1. The molecule has 0 heterocycles. The van der Waals surface area contributed by atoms with E-state index in [1.165, 1.54) is 0 Å². The van der Waals surface area contributed by atoms with Gasteiger partial charge in [-0.1, -0.05) is 28.1 Å². The number of nitrogens with one attached hydrogen (secondary N) is 1. The summed E-state index contributed by atoms with van der Waals surface area (Å²) in [6.45, 7) is 5.20. The minimum Gasteiger partial charge on any atom is -0.479 e. The van der Waals surface area contributed by atoms with Crippen LogP contribution in [0.25, 0.3) is 0 Å². The summed E-state index contributed by atoms with van der Waals surface area (Å²) in [4.78, 5) is 23.9. The van der Waals surface area contributed by atoms with E-state index in [4.69, 9.17) is 4.74 Å². The number of carboxylic acid groups (broad SMARTS) is 1. The Kier molecular flexibility index (Phi) is 4.02. The van der Waals surface area contributed by atoms with Crippen molar-refractivity contribution in [3.63, 3.8) is 0 Å². The second-order valence-electron chi connectivity index (χ2n) is 6.11. The maximum absolute atomic E-state index is 12.0. The lowest BCUT2D eigenvalue weighted by Crippen LogP contribution is -2.51. The molecule has 2 N–H and O–H groups in total. The first-order valence-corrected chi connectivity index (χ1v) is 7.47. The van der Waals surface area contributed by atoms with Gasteiger partial charge in [0.25, 0.3) is 0 Å². The molecule has 0 radical (unpaired) electrons. The van der Waals surface area contributed by atoms with Crippen molar-refractivity contribution in [2.24, 2.45) is 0 Å². The molecule has 1 aromatic carbocycles. The van der Waals surface area contributed by atoms with Gasteiger partial charge in [-0.25, -0.2) is 9.59 Å². The van der Waals surface area contributed by atoms with Gasteiger partial charge in [-0.15, -0.1) is 0 Å². The van der Waals surface area contributed by atoms with Gasteiger partial charge in [0.2, 0.25) is 0 Å². The molecule has 0 aromatic heterocycles. The van der Waals surface area contributed by atoms with E-state index in [2.05, 4.69) is 21.2 Å². The predicted molar refractivity (Wildman–Crippen MR) is 81.1 cm³/mol. The third-order valence-electron chi connectivity index (χ3n) is 3.38. The zero-order chi connectivity index (χ0) is 15.8. The van der Waals surface area contributed by atoms with Crippen LogP contribution < -0.4 is 5.32 Å². The summed E-state index contributed by atoms with van der Waals surface area (Å²) in [7, 11) is 0. The Labute approximate surface area is 131 Å². The van der Waals surface area contributed by atoms with Crippen LogP contribution in [-0.4, -0.2) is 22.8 Å². The fourth-order valence-electron chi connectivity index (χ4n) is 2.57. The van der Waals surface area contributed by atoms with Crippen LogP contribution in [0.4, 0.5) is 4.79 Å². The molecule has 0 fully saturated rings. The van der Waals surface area contributed by atoms with Crippen LogP contribution in [0.15, 0.2) is 22.7 Å². The molecular formula is C15H18BrNO4. The quantitative estimate of drug-likeness (QED) is 0.853. The van der Waals surface area contributed by atoms with E-state index in [0.717, 1.165) is 5.56 Å². The summed E-state index contributed by atoms with van der Waals surface area (Å²) in [5, 5.41) is 12.2. The topological polar surface area (TPSA) is 75.6 Å². The maximum atomic E-state index is 12.0. The van der Waals surface area contributed by atoms with Crippen molar-refractivity contribution in [3.8, 4) is 0 Å². The van der Waals surface area contributed by atoms with E-state index >= 15 is 0 Å². The van der Waals surface area contributed by atoms with E-state index in [9.17, 15) is 14.7 Å². The fourth-order valence-corrected chi connectivity index (χ4v) is 3.32. The highest BCUT2D eigenvalue weighted by Gasteiger charge is 2.48. The molecule has 2 rings (SSSR count). The molecular weight excluding hydrogens is 338 g/mol. The number of hydrogen-bond donors (Lipinski definition) is 2. The third-order valence-corrected chi connectivity index (χ3v) is 4.04. The Morgan fingerprint density at radius 3 is 2.62 bits per heavy atom. The van der Waals surface area contributed by atoms with Crippen LogP contribution >= 0.6 is 15.9 Å². The normalized spacial score (nSPS) is 20.8. The molecule has 6 heteroatoms. The van der Waals surface area contributed by atoms with E-state index in [0.29, 0.717) is 22.9 Å². The first-order valence-electron chi connectivity index (χ1n) is 6.68. The molecule has 0 aliphatic heterocycles. The number of halogens is 1. The molecule has 1 amide bonds. The molecule has 5 nitrogen and oxygen atoms in total. The molecule has 0 spiro atoms. The minimum absolute atomic E-state index is 0.305. The number of aryl methyl sites for hydroxylation is 1. The lowest BCUT2D eigenvalue weighted by Gasteiger charge is -2.29. The van der Waals surface area contributed by atoms with E-state index < -0.39 is 23.2 Å². The van der Waals surface area contributed by atoms with Crippen molar-refractivity contribution in [1.29, 1.82) is 0 Å². The Morgan fingerprint density at radius 2 is 2.05 bits per heavy atom. The molecule has 0 bridgehead atoms. The molecule has 1 atom stereocenters. The zero-order valence-electron chi connectivity index (χ0n) is 12.2. The lowest BCUT2D eigenvalue weighted by molar-refractivity contribution is -0.145. The number of fused-ring (bicyclic) bond motifs is 1. The molecule has 114 valence electrons. The van der Waals surface area contributed by atoms with Crippen LogP contribution in [0.5, 0.6) is 0 Å². The van der Waals surface area contributed by atoms with Gasteiger partial charge in [-0.3, -0.25) is 0 Å². The first kappa shape index (κ1) is 15.8. The maximum Gasteiger partial charge on any atom is 0.408 e. The van der Waals surface area contributed by atoms with Gasteiger partial charge in [-0.05, 0) is 45.2 Å². The number of ether oxygens (including phenoxy) is 1. The van der Waals surface area contributed by atoms with Crippen LogP contribution in [0.3, 0.4) is 0 Å². The lowest BCUT2D eigenvalue weighted by atomic mass is 9.92. The second-order valence-corrected chi connectivity index (χ2v) is 6.97. The average molecular weight is 356 g/mol. The van der Waals surface area contributed by atoms with Crippen molar-refractivity contribution in [2.75, 3.05) is 0 Å². The summed E-state index contributed by atoms with van der Waals surface area (Å²) in [6.07, 6.45) is 0.171. The monoisotopic (exact) mass is 355 g/mol. The second kappa shape index (κ2) is 5.33. The number of alkyl carbamates (subject to hydrolysis) is 1. The molecule has 1 aromatic rings. The molecule has 21 heavy (non-hydrogen) atoms. The Balaban J connectivity index is 2.38. The molecule has 1 aliphatic rings. The van der Waals surface area contributed by atoms with Crippen molar-refractivity contribution in [3.05, 3.63) is 33.8 Å². The van der Waals surface area contributed by atoms with Gasteiger partial charge >= 0.3 is 12.1 Å². The van der Waals surface area contributed by atoms with Gasteiger partial charge in [0.15, 0.2) is 5.54 Å².